The number of pyridine rings is 1. The number of benzene rings is 1. The monoisotopic (exact) mass is 468 g/mol. The zero-order chi connectivity index (χ0) is 21.6. The van der Waals surface area contributed by atoms with Crippen LogP contribution in [0.1, 0.15) is 30.9 Å². The van der Waals surface area contributed by atoms with Crippen molar-refractivity contribution in [2.75, 3.05) is 6.26 Å². The lowest BCUT2D eigenvalue weighted by Gasteiger charge is -2.25. The minimum absolute atomic E-state index is 0.0408. The predicted octanol–water partition coefficient (Wildman–Crippen LogP) is 4.74. The molecule has 2 aromatic heterocycles. The molecule has 1 aromatic carbocycles. The Morgan fingerprint density at radius 1 is 1.40 bits per heavy atom. The summed E-state index contributed by atoms with van der Waals surface area (Å²) in [7, 11) is -3.57. The number of aryl methyl sites for hydroxylation is 1. The normalized spacial score (nSPS) is 16.6. The summed E-state index contributed by atoms with van der Waals surface area (Å²) in [5.74, 6) is -1.75. The van der Waals surface area contributed by atoms with Crippen LogP contribution in [-0.2, 0) is 21.2 Å². The summed E-state index contributed by atoms with van der Waals surface area (Å²) in [6, 6.07) is 5.74. The Kier molecular flexibility index (Phi) is 5.54. The molecule has 0 bridgehead atoms. The summed E-state index contributed by atoms with van der Waals surface area (Å²) in [6.45, 7) is 0.618. The molecular formula is C20H18ClFN2O4S2. The summed E-state index contributed by atoms with van der Waals surface area (Å²) in [5, 5.41) is 9.84. The zero-order valence-electron chi connectivity index (χ0n) is 15.9. The Morgan fingerprint density at radius 2 is 2.17 bits per heavy atom. The van der Waals surface area contributed by atoms with Crippen LogP contribution in [0.2, 0.25) is 5.02 Å². The highest BCUT2D eigenvalue weighted by Crippen LogP contribution is 2.47. The second-order valence-electron chi connectivity index (χ2n) is 7.26. The fourth-order valence-electron chi connectivity index (χ4n) is 3.96. The Bertz CT molecular complexity index is 1270. The maximum absolute atomic E-state index is 13.6. The molecule has 4 rings (SSSR count). The average Bonchev–Trinajstić information content (AvgIpc) is 2.98. The fraction of sp³-hybridized carbons (Fsp3) is 0.300. The number of aliphatic carboxylic acids is 1. The van der Waals surface area contributed by atoms with Gasteiger partial charge in [-0.15, -0.1) is 0 Å². The van der Waals surface area contributed by atoms with Crippen molar-refractivity contribution in [2.24, 2.45) is 0 Å². The van der Waals surface area contributed by atoms with Crippen molar-refractivity contribution in [1.29, 1.82) is 0 Å². The summed E-state index contributed by atoms with van der Waals surface area (Å²) < 4.78 is 40.6. The maximum atomic E-state index is 13.6. The molecule has 10 heteroatoms. The SMILES string of the molecule is CS(=O)(=O)c1ccnc2c1c(Sc1ccc(F)c(Cl)c1)c1n2CCCC1CC(=O)O. The number of rotatable bonds is 5. The van der Waals surface area contributed by atoms with Crippen molar-refractivity contribution in [3.63, 3.8) is 0 Å². The molecule has 1 aliphatic heterocycles. The highest BCUT2D eigenvalue weighted by molar-refractivity contribution is 7.99. The van der Waals surface area contributed by atoms with Crippen molar-refractivity contribution in [3.8, 4) is 0 Å². The van der Waals surface area contributed by atoms with Crippen LogP contribution in [0.4, 0.5) is 4.39 Å². The van der Waals surface area contributed by atoms with Crippen LogP contribution >= 0.6 is 23.4 Å². The molecule has 1 N–H and O–H groups in total. The molecule has 0 amide bonds. The lowest BCUT2D eigenvalue weighted by Crippen LogP contribution is -2.18. The van der Waals surface area contributed by atoms with Crippen molar-refractivity contribution in [1.82, 2.24) is 9.55 Å². The highest BCUT2D eigenvalue weighted by Gasteiger charge is 2.32. The van der Waals surface area contributed by atoms with E-state index < -0.39 is 21.6 Å². The van der Waals surface area contributed by atoms with Gasteiger partial charge >= 0.3 is 5.97 Å². The van der Waals surface area contributed by atoms with E-state index in [4.69, 9.17) is 11.6 Å². The van der Waals surface area contributed by atoms with Crippen LogP contribution in [0.5, 0.6) is 0 Å². The summed E-state index contributed by atoms with van der Waals surface area (Å²) in [5.41, 5.74) is 1.27. The first kappa shape index (κ1) is 21.1. The Hall–Kier alpha value is -2.10. The smallest absolute Gasteiger partial charge is 0.304 e. The summed E-state index contributed by atoms with van der Waals surface area (Å²) in [4.78, 5) is 17.3. The number of fused-ring (bicyclic) bond motifs is 3. The van der Waals surface area contributed by atoms with E-state index in [1.807, 2.05) is 4.57 Å². The molecule has 0 spiro atoms. The topological polar surface area (TPSA) is 89.3 Å². The molecule has 6 nitrogen and oxygen atoms in total. The molecule has 1 atom stereocenters. The molecule has 30 heavy (non-hydrogen) atoms. The summed E-state index contributed by atoms with van der Waals surface area (Å²) in [6.07, 6.45) is 3.97. The predicted molar refractivity (Wildman–Crippen MR) is 113 cm³/mol. The molecule has 3 heterocycles. The Labute approximate surface area is 182 Å². The number of nitrogens with zero attached hydrogens (tertiary/aromatic N) is 2. The van der Waals surface area contributed by atoms with E-state index in [1.54, 1.807) is 6.07 Å². The van der Waals surface area contributed by atoms with Crippen LogP contribution in [0.25, 0.3) is 11.0 Å². The largest absolute Gasteiger partial charge is 0.481 e. The molecule has 0 saturated carbocycles. The second kappa shape index (κ2) is 7.86. The van der Waals surface area contributed by atoms with E-state index in [1.165, 1.54) is 36.2 Å². The number of halogens is 2. The van der Waals surface area contributed by atoms with E-state index in [0.717, 1.165) is 18.4 Å². The van der Waals surface area contributed by atoms with Gasteiger partial charge in [0.05, 0.1) is 21.7 Å². The van der Waals surface area contributed by atoms with Gasteiger partial charge in [-0.2, -0.15) is 0 Å². The van der Waals surface area contributed by atoms with E-state index in [0.29, 0.717) is 33.8 Å². The third-order valence-corrected chi connectivity index (χ3v) is 7.69. The molecule has 158 valence electrons. The van der Waals surface area contributed by atoms with Crippen LogP contribution in [0, 0.1) is 5.82 Å². The molecular weight excluding hydrogens is 451 g/mol. The molecule has 0 fully saturated rings. The van der Waals surface area contributed by atoms with Crippen molar-refractivity contribution in [3.05, 3.63) is 47.0 Å². The quantitative estimate of drug-likeness (QED) is 0.582. The number of sulfone groups is 1. The van der Waals surface area contributed by atoms with Crippen LogP contribution < -0.4 is 0 Å². The molecule has 0 radical (unpaired) electrons. The van der Waals surface area contributed by atoms with E-state index in [2.05, 4.69) is 4.98 Å². The molecule has 0 saturated heterocycles. The van der Waals surface area contributed by atoms with Gasteiger partial charge in [0, 0.05) is 40.4 Å². The third-order valence-electron chi connectivity index (χ3n) is 5.15. The minimum atomic E-state index is -3.57. The molecule has 1 aliphatic rings. The minimum Gasteiger partial charge on any atom is -0.481 e. The molecule has 0 aliphatic carbocycles. The van der Waals surface area contributed by atoms with Gasteiger partial charge in [0.2, 0.25) is 0 Å². The molecule has 1 unspecified atom stereocenters. The van der Waals surface area contributed by atoms with Crippen LogP contribution in [0.3, 0.4) is 0 Å². The fourth-order valence-corrected chi connectivity index (χ4v) is 6.38. The zero-order valence-corrected chi connectivity index (χ0v) is 18.3. The van der Waals surface area contributed by atoms with Gasteiger partial charge in [0.25, 0.3) is 0 Å². The lowest BCUT2D eigenvalue weighted by atomic mass is 9.93. The maximum Gasteiger partial charge on any atom is 0.304 e. The highest BCUT2D eigenvalue weighted by atomic mass is 35.5. The Morgan fingerprint density at radius 3 is 2.83 bits per heavy atom. The van der Waals surface area contributed by atoms with E-state index >= 15 is 0 Å². The van der Waals surface area contributed by atoms with Gasteiger partial charge in [-0.05, 0) is 37.1 Å². The number of carboxylic acids is 1. The number of hydrogen-bond donors (Lipinski definition) is 1. The van der Waals surface area contributed by atoms with Crippen LogP contribution in [0.15, 0.2) is 45.1 Å². The average molecular weight is 469 g/mol. The number of aromatic nitrogens is 2. The van der Waals surface area contributed by atoms with Gasteiger partial charge in [0.1, 0.15) is 11.5 Å². The van der Waals surface area contributed by atoms with Crippen molar-refractivity contribution in [2.45, 2.75) is 46.4 Å². The van der Waals surface area contributed by atoms with Gasteiger partial charge < -0.3 is 9.67 Å². The summed E-state index contributed by atoms with van der Waals surface area (Å²) >= 11 is 7.19. The van der Waals surface area contributed by atoms with Gasteiger partial charge in [0.15, 0.2) is 9.84 Å². The third kappa shape index (κ3) is 3.81. The first-order valence-corrected chi connectivity index (χ1v) is 12.3. The molecule has 3 aromatic rings. The number of carboxylic acid groups (broad SMARTS) is 1. The van der Waals surface area contributed by atoms with Gasteiger partial charge in [-0.25, -0.2) is 17.8 Å². The standard InChI is InChI=1S/C20H18ClFN2O4S2/c1-30(27,28)15-6-7-23-20-17(15)19(29-12-4-5-14(22)13(21)10-12)18-11(9-16(25)26)3-2-8-24(18)20/h4-7,10-11H,2-3,8-9H2,1H3,(H,25,26). The van der Waals surface area contributed by atoms with Gasteiger partial charge in [-0.1, -0.05) is 23.4 Å². The first-order valence-electron chi connectivity index (χ1n) is 9.22. The lowest BCUT2D eigenvalue weighted by molar-refractivity contribution is -0.137. The van der Waals surface area contributed by atoms with Crippen molar-refractivity contribution < 1.29 is 22.7 Å². The van der Waals surface area contributed by atoms with E-state index in [9.17, 15) is 22.7 Å². The first-order chi connectivity index (χ1) is 14.2. The number of hydrogen-bond acceptors (Lipinski definition) is 5. The van der Waals surface area contributed by atoms with Crippen LogP contribution in [-0.4, -0.2) is 35.3 Å². The van der Waals surface area contributed by atoms with Gasteiger partial charge in [-0.3, -0.25) is 4.79 Å². The van der Waals surface area contributed by atoms with E-state index in [-0.39, 0.29) is 22.3 Å². The second-order valence-corrected chi connectivity index (χ2v) is 10.7. The number of carbonyl (C=O) groups is 1. The Balaban J connectivity index is 2.02. The van der Waals surface area contributed by atoms with Crippen molar-refractivity contribution >= 4 is 50.2 Å².